The topological polar surface area (TPSA) is 89.3 Å². The SMILES string of the molecule is COc1ccc([C@H](C)NC(=O)c2c(C)oc3ncnc(NC4(C)CC4)c23)cc1. The number of hydrogen-bond donors (Lipinski definition) is 2. The van der Waals surface area contributed by atoms with Gasteiger partial charge in [-0.2, -0.15) is 0 Å². The van der Waals surface area contributed by atoms with Gasteiger partial charge in [0.2, 0.25) is 5.71 Å². The number of hydrogen-bond acceptors (Lipinski definition) is 6. The van der Waals surface area contributed by atoms with Crippen molar-refractivity contribution in [1.29, 1.82) is 0 Å². The standard InChI is InChI=1S/C21H24N4O3/c1-12(14-5-7-15(27-4)8-6-14)24-19(26)16-13(2)28-20-17(16)18(22-11-23-20)25-21(3)9-10-21/h5-8,11-12H,9-10H2,1-4H3,(H,24,26)(H,22,23,25)/t12-/m0/s1. The normalized spacial score (nSPS) is 15.9. The van der Waals surface area contributed by atoms with Crippen molar-refractivity contribution in [2.24, 2.45) is 0 Å². The lowest BCUT2D eigenvalue weighted by Crippen LogP contribution is -2.27. The third-order valence-electron chi connectivity index (χ3n) is 5.27. The molecule has 3 aromatic rings. The van der Waals surface area contributed by atoms with Gasteiger partial charge in [0.15, 0.2) is 0 Å². The number of nitrogens with zero attached hydrogens (tertiary/aromatic N) is 2. The summed E-state index contributed by atoms with van der Waals surface area (Å²) in [5.74, 6) is 1.74. The molecular formula is C21H24N4O3. The van der Waals surface area contributed by atoms with E-state index in [-0.39, 0.29) is 17.5 Å². The Morgan fingerprint density at radius 3 is 2.61 bits per heavy atom. The number of fused-ring (bicyclic) bond motifs is 1. The molecule has 1 fully saturated rings. The molecule has 1 aromatic carbocycles. The van der Waals surface area contributed by atoms with Crippen molar-refractivity contribution < 1.29 is 13.9 Å². The Labute approximate surface area is 163 Å². The summed E-state index contributed by atoms with van der Waals surface area (Å²) in [6.45, 7) is 5.86. The van der Waals surface area contributed by atoms with Crippen LogP contribution in [0.3, 0.4) is 0 Å². The van der Waals surface area contributed by atoms with Crippen molar-refractivity contribution in [3.8, 4) is 5.75 Å². The van der Waals surface area contributed by atoms with Crippen molar-refractivity contribution in [1.82, 2.24) is 15.3 Å². The number of ether oxygens (including phenoxy) is 1. The molecule has 2 heterocycles. The van der Waals surface area contributed by atoms with Crippen LogP contribution in [0.5, 0.6) is 5.75 Å². The number of nitrogens with one attached hydrogen (secondary N) is 2. The average molecular weight is 380 g/mol. The van der Waals surface area contributed by atoms with Gasteiger partial charge >= 0.3 is 0 Å². The van der Waals surface area contributed by atoms with Gasteiger partial charge in [-0.15, -0.1) is 0 Å². The zero-order chi connectivity index (χ0) is 19.9. The summed E-state index contributed by atoms with van der Waals surface area (Å²) in [5.41, 5.74) is 1.90. The van der Waals surface area contributed by atoms with E-state index in [1.54, 1.807) is 14.0 Å². The zero-order valence-corrected chi connectivity index (χ0v) is 16.5. The molecular weight excluding hydrogens is 356 g/mol. The van der Waals surface area contributed by atoms with E-state index in [1.165, 1.54) is 6.33 Å². The van der Waals surface area contributed by atoms with E-state index < -0.39 is 0 Å². The number of methoxy groups -OCH3 is 1. The third-order valence-corrected chi connectivity index (χ3v) is 5.27. The van der Waals surface area contributed by atoms with Gasteiger partial charge in [-0.25, -0.2) is 9.97 Å². The van der Waals surface area contributed by atoms with Crippen LogP contribution in [0.4, 0.5) is 5.82 Å². The van der Waals surface area contributed by atoms with Crippen molar-refractivity contribution in [2.45, 2.75) is 45.2 Å². The van der Waals surface area contributed by atoms with E-state index in [1.807, 2.05) is 31.2 Å². The first-order valence-corrected chi connectivity index (χ1v) is 9.37. The van der Waals surface area contributed by atoms with Gasteiger partial charge in [0, 0.05) is 5.54 Å². The molecule has 7 heteroatoms. The number of aryl methyl sites for hydroxylation is 1. The highest BCUT2D eigenvalue weighted by Crippen LogP contribution is 2.40. The van der Waals surface area contributed by atoms with E-state index in [9.17, 15) is 4.79 Å². The molecule has 28 heavy (non-hydrogen) atoms. The van der Waals surface area contributed by atoms with Crippen molar-refractivity contribution in [3.63, 3.8) is 0 Å². The van der Waals surface area contributed by atoms with Gasteiger partial charge in [-0.05, 0) is 51.3 Å². The van der Waals surface area contributed by atoms with Gasteiger partial charge < -0.3 is 19.8 Å². The average Bonchev–Trinajstić information content (AvgIpc) is 3.29. The van der Waals surface area contributed by atoms with Crippen LogP contribution >= 0.6 is 0 Å². The number of carbonyl (C=O) groups excluding carboxylic acids is 1. The molecule has 0 saturated heterocycles. The molecule has 0 unspecified atom stereocenters. The molecule has 1 aliphatic rings. The van der Waals surface area contributed by atoms with Crippen LogP contribution in [0.25, 0.3) is 11.1 Å². The number of anilines is 1. The molecule has 1 aliphatic carbocycles. The van der Waals surface area contributed by atoms with Crippen molar-refractivity contribution in [2.75, 3.05) is 12.4 Å². The summed E-state index contributed by atoms with van der Waals surface area (Å²) < 4.78 is 10.9. The Kier molecular flexibility index (Phi) is 4.45. The maximum atomic E-state index is 13.1. The second kappa shape index (κ2) is 6.82. The molecule has 2 aromatic heterocycles. The van der Waals surface area contributed by atoms with E-state index >= 15 is 0 Å². The highest BCUT2D eigenvalue weighted by Gasteiger charge is 2.38. The summed E-state index contributed by atoms with van der Waals surface area (Å²) in [6.07, 6.45) is 3.61. The van der Waals surface area contributed by atoms with Crippen LogP contribution in [0.2, 0.25) is 0 Å². The molecule has 0 bridgehead atoms. The molecule has 0 aliphatic heterocycles. The minimum Gasteiger partial charge on any atom is -0.497 e. The fourth-order valence-corrected chi connectivity index (χ4v) is 3.26. The first kappa shape index (κ1) is 18.3. The van der Waals surface area contributed by atoms with Gasteiger partial charge in [0.25, 0.3) is 5.91 Å². The van der Waals surface area contributed by atoms with E-state index in [2.05, 4.69) is 27.5 Å². The quantitative estimate of drug-likeness (QED) is 0.672. The third kappa shape index (κ3) is 3.40. The molecule has 0 spiro atoms. The van der Waals surface area contributed by atoms with Crippen LogP contribution in [-0.2, 0) is 0 Å². The maximum absolute atomic E-state index is 13.1. The lowest BCUT2D eigenvalue weighted by atomic mass is 10.1. The summed E-state index contributed by atoms with van der Waals surface area (Å²) in [5, 5.41) is 7.12. The van der Waals surface area contributed by atoms with E-state index in [0.717, 1.165) is 24.2 Å². The van der Waals surface area contributed by atoms with Crippen molar-refractivity contribution >= 4 is 22.8 Å². The highest BCUT2D eigenvalue weighted by molar-refractivity contribution is 6.10. The zero-order valence-electron chi connectivity index (χ0n) is 16.5. The molecule has 4 rings (SSSR count). The van der Waals surface area contributed by atoms with Crippen LogP contribution in [0.15, 0.2) is 35.0 Å². The Morgan fingerprint density at radius 1 is 1.25 bits per heavy atom. The fraction of sp³-hybridized carbons (Fsp3) is 0.381. The van der Waals surface area contributed by atoms with Gasteiger partial charge in [-0.1, -0.05) is 12.1 Å². The van der Waals surface area contributed by atoms with E-state index in [0.29, 0.717) is 28.2 Å². The lowest BCUT2D eigenvalue weighted by molar-refractivity contribution is 0.0940. The monoisotopic (exact) mass is 380 g/mol. The second-order valence-corrected chi connectivity index (χ2v) is 7.59. The fourth-order valence-electron chi connectivity index (χ4n) is 3.26. The largest absolute Gasteiger partial charge is 0.497 e. The number of rotatable bonds is 6. The molecule has 146 valence electrons. The molecule has 2 N–H and O–H groups in total. The van der Waals surface area contributed by atoms with Gasteiger partial charge in [0.1, 0.15) is 23.7 Å². The Hall–Kier alpha value is -3.09. The van der Waals surface area contributed by atoms with Crippen LogP contribution in [0, 0.1) is 6.92 Å². The summed E-state index contributed by atoms with van der Waals surface area (Å²) in [6, 6.07) is 7.46. The smallest absolute Gasteiger partial charge is 0.256 e. The van der Waals surface area contributed by atoms with Gasteiger partial charge in [-0.3, -0.25) is 4.79 Å². The summed E-state index contributed by atoms with van der Waals surface area (Å²) in [4.78, 5) is 21.7. The minimum absolute atomic E-state index is 0.0244. The number of benzene rings is 1. The molecule has 0 radical (unpaired) electrons. The van der Waals surface area contributed by atoms with E-state index in [4.69, 9.17) is 9.15 Å². The maximum Gasteiger partial charge on any atom is 0.256 e. The molecule has 1 amide bonds. The number of amides is 1. The van der Waals surface area contributed by atoms with Crippen molar-refractivity contribution in [3.05, 3.63) is 47.5 Å². The first-order chi connectivity index (χ1) is 13.4. The Morgan fingerprint density at radius 2 is 1.96 bits per heavy atom. The highest BCUT2D eigenvalue weighted by atomic mass is 16.5. The number of furan rings is 1. The van der Waals surface area contributed by atoms with Crippen LogP contribution in [-0.4, -0.2) is 28.5 Å². The second-order valence-electron chi connectivity index (χ2n) is 7.59. The summed E-state index contributed by atoms with van der Waals surface area (Å²) >= 11 is 0. The predicted octanol–water partition coefficient (Wildman–Crippen LogP) is 4.00. The van der Waals surface area contributed by atoms with Gasteiger partial charge in [0.05, 0.1) is 24.1 Å². The summed E-state index contributed by atoms with van der Waals surface area (Å²) in [7, 11) is 1.63. The molecule has 1 saturated carbocycles. The van der Waals surface area contributed by atoms with Crippen LogP contribution < -0.4 is 15.4 Å². The molecule has 1 atom stereocenters. The van der Waals surface area contributed by atoms with Crippen LogP contribution in [0.1, 0.15) is 54.4 Å². The molecule has 7 nitrogen and oxygen atoms in total. The Bertz CT molecular complexity index is 1020. The first-order valence-electron chi connectivity index (χ1n) is 9.37. The Balaban J connectivity index is 1.63. The number of aromatic nitrogens is 2. The lowest BCUT2D eigenvalue weighted by Gasteiger charge is -2.16. The number of carbonyl (C=O) groups is 1. The predicted molar refractivity (Wildman–Crippen MR) is 107 cm³/mol. The minimum atomic E-state index is -0.210.